The molecule has 8 nitrogen and oxygen atoms in total. The first-order chi connectivity index (χ1) is 16.6. The van der Waals surface area contributed by atoms with Gasteiger partial charge in [0.1, 0.15) is 0 Å². The fourth-order valence-corrected chi connectivity index (χ4v) is 4.79. The number of nitrogens with zero attached hydrogens (tertiary/aromatic N) is 6. The highest BCUT2D eigenvalue weighted by molar-refractivity contribution is 5.79. The van der Waals surface area contributed by atoms with Gasteiger partial charge in [-0.2, -0.15) is 5.21 Å². The third kappa shape index (κ3) is 4.32. The zero-order valence-corrected chi connectivity index (χ0v) is 20.0. The second-order valence-electron chi connectivity index (χ2n) is 9.53. The Hall–Kier alpha value is -3.55. The van der Waals surface area contributed by atoms with Gasteiger partial charge in [0.25, 0.3) is 0 Å². The lowest BCUT2D eigenvalue weighted by molar-refractivity contribution is 0.499. The highest BCUT2D eigenvalue weighted by atomic mass is 16.1. The number of nitrogens with one attached hydrogen (secondary N) is 1. The Morgan fingerprint density at radius 2 is 1.97 bits per heavy atom. The van der Waals surface area contributed by atoms with Crippen LogP contribution in [0.25, 0.3) is 22.5 Å². The van der Waals surface area contributed by atoms with Crippen LogP contribution in [-0.2, 0) is 13.0 Å². The number of H-pyrrole nitrogens is 1. The van der Waals surface area contributed by atoms with Gasteiger partial charge in [-0.25, -0.2) is 4.79 Å². The Morgan fingerprint density at radius 1 is 1.15 bits per heavy atom. The molecular formula is C26H31N7O. The van der Waals surface area contributed by atoms with Crippen molar-refractivity contribution in [1.29, 1.82) is 0 Å². The molecule has 8 heteroatoms. The van der Waals surface area contributed by atoms with Crippen molar-refractivity contribution in [2.45, 2.75) is 59.0 Å². The highest BCUT2D eigenvalue weighted by Gasteiger charge is 2.42. The number of aryl methyl sites for hydroxylation is 1. The number of benzene rings is 1. The van der Waals surface area contributed by atoms with Gasteiger partial charge >= 0.3 is 5.69 Å². The maximum atomic E-state index is 13.3. The van der Waals surface area contributed by atoms with Crippen LogP contribution in [-0.4, -0.2) is 34.7 Å². The van der Waals surface area contributed by atoms with Crippen molar-refractivity contribution in [3.8, 4) is 22.5 Å². The second kappa shape index (κ2) is 9.37. The first kappa shape index (κ1) is 22.3. The minimum atomic E-state index is 0.0904. The van der Waals surface area contributed by atoms with Gasteiger partial charge in [-0.1, -0.05) is 57.5 Å². The molecule has 1 saturated carbocycles. The maximum Gasteiger partial charge on any atom is 0.328 e. The van der Waals surface area contributed by atoms with E-state index in [0.717, 1.165) is 53.8 Å². The Morgan fingerprint density at radius 3 is 2.62 bits per heavy atom. The van der Waals surface area contributed by atoms with Gasteiger partial charge in [0.15, 0.2) is 0 Å². The SMILES string of the molecule is CCCCc1cn(C2CC2C(C)C)c(=O)n1Cc1ccc(-c2ccccc2-c2nn[nH]n2)cn1. The molecule has 1 aliphatic rings. The van der Waals surface area contributed by atoms with Crippen LogP contribution in [0.1, 0.15) is 57.5 Å². The molecule has 34 heavy (non-hydrogen) atoms. The molecule has 3 aromatic heterocycles. The number of hydrogen-bond acceptors (Lipinski definition) is 5. The molecule has 3 heterocycles. The number of tetrazole rings is 1. The lowest BCUT2D eigenvalue weighted by Crippen LogP contribution is -2.26. The maximum absolute atomic E-state index is 13.3. The van der Waals surface area contributed by atoms with Crippen molar-refractivity contribution in [3.63, 3.8) is 0 Å². The van der Waals surface area contributed by atoms with E-state index in [1.54, 1.807) is 0 Å². The normalized spacial score (nSPS) is 17.4. The summed E-state index contributed by atoms with van der Waals surface area (Å²) in [7, 11) is 0. The van der Waals surface area contributed by atoms with E-state index in [1.165, 1.54) is 0 Å². The molecule has 4 aromatic rings. The highest BCUT2D eigenvalue weighted by Crippen LogP contribution is 2.47. The summed E-state index contributed by atoms with van der Waals surface area (Å²) in [5, 5.41) is 14.4. The van der Waals surface area contributed by atoms with Crippen molar-refractivity contribution in [3.05, 3.63) is 70.7 Å². The predicted octanol–water partition coefficient (Wildman–Crippen LogP) is 4.50. The van der Waals surface area contributed by atoms with E-state index in [1.807, 2.05) is 51.7 Å². The van der Waals surface area contributed by atoms with Crippen LogP contribution in [0.15, 0.2) is 53.6 Å². The number of aromatic amines is 1. The van der Waals surface area contributed by atoms with E-state index in [0.29, 0.717) is 30.2 Å². The fraction of sp³-hybridized carbons (Fsp3) is 0.423. The molecule has 0 saturated heterocycles. The third-order valence-corrected chi connectivity index (χ3v) is 6.86. The molecule has 0 bridgehead atoms. The molecule has 1 aliphatic carbocycles. The topological polar surface area (TPSA) is 94.3 Å². The molecule has 1 N–H and O–H groups in total. The molecular weight excluding hydrogens is 426 g/mol. The molecule has 2 atom stereocenters. The largest absolute Gasteiger partial charge is 0.328 e. The Balaban J connectivity index is 1.42. The average Bonchev–Trinajstić information content (AvgIpc) is 3.34. The molecule has 0 amide bonds. The predicted molar refractivity (Wildman–Crippen MR) is 131 cm³/mol. The summed E-state index contributed by atoms with van der Waals surface area (Å²) in [6.45, 7) is 7.15. The van der Waals surface area contributed by atoms with Gasteiger partial charge in [0.05, 0.1) is 12.2 Å². The number of hydrogen-bond donors (Lipinski definition) is 1. The van der Waals surface area contributed by atoms with Crippen LogP contribution >= 0.6 is 0 Å². The van der Waals surface area contributed by atoms with Crippen molar-refractivity contribution < 1.29 is 0 Å². The lowest BCUT2D eigenvalue weighted by Gasteiger charge is -2.09. The summed E-state index contributed by atoms with van der Waals surface area (Å²) in [5.41, 5.74) is 4.92. The zero-order valence-electron chi connectivity index (χ0n) is 20.0. The van der Waals surface area contributed by atoms with Crippen LogP contribution in [0.5, 0.6) is 0 Å². The number of unbranched alkanes of at least 4 members (excludes halogenated alkanes) is 1. The van der Waals surface area contributed by atoms with Crippen molar-refractivity contribution >= 4 is 0 Å². The van der Waals surface area contributed by atoms with Crippen LogP contribution in [0, 0.1) is 11.8 Å². The Labute approximate surface area is 199 Å². The summed E-state index contributed by atoms with van der Waals surface area (Å²) < 4.78 is 3.89. The van der Waals surface area contributed by atoms with E-state index in [2.05, 4.69) is 47.6 Å². The Kier molecular flexibility index (Phi) is 6.13. The van der Waals surface area contributed by atoms with Gasteiger partial charge in [-0.15, -0.1) is 10.2 Å². The number of imidazole rings is 1. The van der Waals surface area contributed by atoms with Crippen molar-refractivity contribution in [2.75, 3.05) is 0 Å². The van der Waals surface area contributed by atoms with Crippen molar-refractivity contribution in [2.24, 2.45) is 11.8 Å². The molecule has 0 spiro atoms. The van der Waals surface area contributed by atoms with Gasteiger partial charge in [0.2, 0.25) is 5.82 Å². The molecule has 1 fully saturated rings. The molecule has 176 valence electrons. The lowest BCUT2D eigenvalue weighted by atomic mass is 10.0. The summed E-state index contributed by atoms with van der Waals surface area (Å²) >= 11 is 0. The van der Waals surface area contributed by atoms with Crippen LogP contribution in [0.2, 0.25) is 0 Å². The number of aromatic nitrogens is 7. The molecule has 5 rings (SSSR count). The van der Waals surface area contributed by atoms with Gasteiger partial charge in [-0.3, -0.25) is 14.1 Å². The molecule has 0 radical (unpaired) electrons. The van der Waals surface area contributed by atoms with Gasteiger partial charge in [0, 0.05) is 35.3 Å². The van der Waals surface area contributed by atoms with E-state index >= 15 is 0 Å². The van der Waals surface area contributed by atoms with Crippen LogP contribution in [0.3, 0.4) is 0 Å². The zero-order chi connectivity index (χ0) is 23.7. The van der Waals surface area contributed by atoms with E-state index in [-0.39, 0.29) is 5.69 Å². The number of rotatable bonds is 9. The monoisotopic (exact) mass is 457 g/mol. The van der Waals surface area contributed by atoms with E-state index in [9.17, 15) is 4.79 Å². The van der Waals surface area contributed by atoms with Gasteiger partial charge < -0.3 is 0 Å². The van der Waals surface area contributed by atoms with E-state index < -0.39 is 0 Å². The summed E-state index contributed by atoms with van der Waals surface area (Å²) in [6.07, 6.45) is 8.14. The summed E-state index contributed by atoms with van der Waals surface area (Å²) in [6, 6.07) is 12.3. The Bertz CT molecular complexity index is 1300. The minimum absolute atomic E-state index is 0.0904. The quantitative estimate of drug-likeness (QED) is 0.399. The van der Waals surface area contributed by atoms with Crippen LogP contribution < -0.4 is 5.69 Å². The third-order valence-electron chi connectivity index (χ3n) is 6.86. The minimum Gasteiger partial charge on any atom is -0.296 e. The first-order valence-corrected chi connectivity index (χ1v) is 12.2. The molecule has 0 aliphatic heterocycles. The summed E-state index contributed by atoms with van der Waals surface area (Å²) in [4.78, 5) is 18.1. The van der Waals surface area contributed by atoms with Gasteiger partial charge in [-0.05, 0) is 47.9 Å². The smallest absolute Gasteiger partial charge is 0.296 e. The molecule has 2 unspecified atom stereocenters. The molecule has 1 aromatic carbocycles. The van der Waals surface area contributed by atoms with Crippen molar-refractivity contribution in [1.82, 2.24) is 34.7 Å². The second-order valence-corrected chi connectivity index (χ2v) is 9.53. The standard InChI is InChI=1S/C26H31N7O/c1-4-5-8-20-16-33(24-13-23(24)17(2)3)26(34)32(20)15-19-12-11-18(14-27-19)21-9-6-7-10-22(21)25-28-30-31-29-25/h6-7,9-12,14,16-17,23-24H,4-5,8,13,15H2,1-3H3,(H,28,29,30,31). The van der Waals surface area contributed by atoms with Crippen LogP contribution in [0.4, 0.5) is 0 Å². The fourth-order valence-electron chi connectivity index (χ4n) is 4.79. The van der Waals surface area contributed by atoms with E-state index in [4.69, 9.17) is 4.98 Å². The summed E-state index contributed by atoms with van der Waals surface area (Å²) in [5.74, 6) is 1.75. The average molecular weight is 458 g/mol. The number of pyridine rings is 1. The first-order valence-electron chi connectivity index (χ1n) is 12.2.